The van der Waals surface area contributed by atoms with Gasteiger partial charge in [-0.25, -0.2) is 14.4 Å². The molecule has 1 aliphatic rings. The first-order valence-corrected chi connectivity index (χ1v) is 6.35. The zero-order valence-electron chi connectivity index (χ0n) is 10.7. The standard InChI is InChI=1S/C13H18O6/c14-11(15)9-18-12(16)7-8-13(17)19-10-5-3-1-2-4-6-10/h7-8,10H,1-6,9H2,(H,14,15)/b8-7+. The van der Waals surface area contributed by atoms with E-state index in [-0.39, 0.29) is 6.10 Å². The molecule has 1 N–H and O–H groups in total. The highest BCUT2D eigenvalue weighted by Gasteiger charge is 2.15. The Hall–Kier alpha value is -1.85. The molecule has 1 rings (SSSR count). The van der Waals surface area contributed by atoms with E-state index in [1.54, 1.807) is 0 Å². The van der Waals surface area contributed by atoms with Gasteiger partial charge in [0.05, 0.1) is 0 Å². The summed E-state index contributed by atoms with van der Waals surface area (Å²) in [7, 11) is 0. The molecule has 0 amide bonds. The van der Waals surface area contributed by atoms with Crippen LogP contribution in [-0.2, 0) is 23.9 Å². The van der Waals surface area contributed by atoms with Crippen molar-refractivity contribution in [3.63, 3.8) is 0 Å². The summed E-state index contributed by atoms with van der Waals surface area (Å²) in [5, 5.41) is 8.29. The number of carbonyl (C=O) groups excluding carboxylic acids is 2. The Morgan fingerprint density at radius 3 is 2.16 bits per heavy atom. The van der Waals surface area contributed by atoms with Gasteiger partial charge in [0.2, 0.25) is 0 Å². The van der Waals surface area contributed by atoms with Gasteiger partial charge in [-0.05, 0) is 25.7 Å². The molecule has 106 valence electrons. The van der Waals surface area contributed by atoms with E-state index < -0.39 is 24.5 Å². The molecule has 0 unspecified atom stereocenters. The second-order valence-electron chi connectivity index (χ2n) is 4.39. The maximum absolute atomic E-state index is 11.4. The summed E-state index contributed by atoms with van der Waals surface area (Å²) in [6.45, 7) is -0.721. The molecule has 0 atom stereocenters. The topological polar surface area (TPSA) is 89.9 Å². The predicted molar refractivity (Wildman–Crippen MR) is 65.3 cm³/mol. The summed E-state index contributed by atoms with van der Waals surface area (Å²) in [5.41, 5.74) is 0. The normalized spacial score (nSPS) is 16.8. The van der Waals surface area contributed by atoms with Crippen LogP contribution in [0.15, 0.2) is 12.2 Å². The van der Waals surface area contributed by atoms with Crippen molar-refractivity contribution in [2.75, 3.05) is 6.61 Å². The van der Waals surface area contributed by atoms with Gasteiger partial charge in [-0.3, -0.25) is 0 Å². The van der Waals surface area contributed by atoms with Crippen LogP contribution in [0.5, 0.6) is 0 Å². The number of hydrogen-bond donors (Lipinski definition) is 1. The van der Waals surface area contributed by atoms with Crippen molar-refractivity contribution in [3.05, 3.63) is 12.2 Å². The highest BCUT2D eigenvalue weighted by atomic mass is 16.6. The Labute approximate surface area is 111 Å². The number of aliphatic carboxylic acids is 1. The van der Waals surface area contributed by atoms with E-state index >= 15 is 0 Å². The summed E-state index contributed by atoms with van der Waals surface area (Å²) >= 11 is 0. The highest BCUT2D eigenvalue weighted by Crippen LogP contribution is 2.19. The van der Waals surface area contributed by atoms with E-state index in [1.807, 2.05) is 0 Å². The number of carbonyl (C=O) groups is 3. The van der Waals surface area contributed by atoms with Crippen molar-refractivity contribution in [1.29, 1.82) is 0 Å². The number of hydrogen-bond acceptors (Lipinski definition) is 5. The third-order valence-electron chi connectivity index (χ3n) is 2.78. The zero-order valence-corrected chi connectivity index (χ0v) is 10.7. The molecule has 0 aromatic rings. The lowest BCUT2D eigenvalue weighted by Crippen LogP contribution is -2.16. The Kier molecular flexibility index (Phi) is 6.63. The van der Waals surface area contributed by atoms with Crippen LogP contribution in [0.1, 0.15) is 38.5 Å². The molecule has 0 heterocycles. The van der Waals surface area contributed by atoms with Gasteiger partial charge in [0.1, 0.15) is 6.10 Å². The molecule has 0 aromatic heterocycles. The Morgan fingerprint density at radius 1 is 1.00 bits per heavy atom. The SMILES string of the molecule is O=C(O)COC(=O)/C=C/C(=O)OC1CCCCCC1. The molecule has 19 heavy (non-hydrogen) atoms. The van der Waals surface area contributed by atoms with E-state index in [1.165, 1.54) is 0 Å². The second kappa shape index (κ2) is 8.29. The van der Waals surface area contributed by atoms with Gasteiger partial charge in [-0.2, -0.15) is 0 Å². The monoisotopic (exact) mass is 270 g/mol. The minimum atomic E-state index is -1.25. The third-order valence-corrected chi connectivity index (χ3v) is 2.78. The van der Waals surface area contributed by atoms with Gasteiger partial charge in [0.25, 0.3) is 0 Å². The molecule has 1 saturated carbocycles. The van der Waals surface area contributed by atoms with Crippen molar-refractivity contribution >= 4 is 17.9 Å². The quantitative estimate of drug-likeness (QED) is 0.462. The minimum absolute atomic E-state index is 0.0883. The number of rotatable bonds is 5. The third kappa shape index (κ3) is 7.23. The first kappa shape index (κ1) is 15.2. The minimum Gasteiger partial charge on any atom is -0.479 e. The lowest BCUT2D eigenvalue weighted by molar-refractivity contribution is -0.151. The molecule has 0 radical (unpaired) electrons. The molecule has 6 heteroatoms. The van der Waals surface area contributed by atoms with E-state index in [0.29, 0.717) is 0 Å². The Balaban J connectivity index is 2.28. The first-order chi connectivity index (χ1) is 9.08. The molecule has 0 spiro atoms. The van der Waals surface area contributed by atoms with Gasteiger partial charge >= 0.3 is 17.9 Å². The number of carboxylic acid groups (broad SMARTS) is 1. The van der Waals surface area contributed by atoms with Gasteiger partial charge in [0.15, 0.2) is 6.61 Å². The lowest BCUT2D eigenvalue weighted by Gasteiger charge is -2.13. The van der Waals surface area contributed by atoms with Gasteiger partial charge in [0, 0.05) is 12.2 Å². The fraction of sp³-hybridized carbons (Fsp3) is 0.615. The maximum Gasteiger partial charge on any atom is 0.341 e. The molecular weight excluding hydrogens is 252 g/mol. The van der Waals surface area contributed by atoms with Crippen LogP contribution in [0, 0.1) is 0 Å². The fourth-order valence-corrected chi connectivity index (χ4v) is 1.88. The largest absolute Gasteiger partial charge is 0.479 e. The van der Waals surface area contributed by atoms with Crippen LogP contribution >= 0.6 is 0 Å². The fourth-order valence-electron chi connectivity index (χ4n) is 1.88. The van der Waals surface area contributed by atoms with Crippen molar-refractivity contribution in [2.24, 2.45) is 0 Å². The van der Waals surface area contributed by atoms with Crippen molar-refractivity contribution in [1.82, 2.24) is 0 Å². The molecular formula is C13H18O6. The van der Waals surface area contributed by atoms with Crippen LogP contribution in [0.3, 0.4) is 0 Å². The average molecular weight is 270 g/mol. The van der Waals surface area contributed by atoms with Crippen LogP contribution < -0.4 is 0 Å². The highest BCUT2D eigenvalue weighted by molar-refractivity contribution is 5.92. The smallest absolute Gasteiger partial charge is 0.341 e. The molecule has 0 aromatic carbocycles. The van der Waals surface area contributed by atoms with E-state index in [2.05, 4.69) is 4.74 Å². The summed E-state index contributed by atoms with van der Waals surface area (Å²) in [4.78, 5) is 32.6. The first-order valence-electron chi connectivity index (χ1n) is 6.35. The molecule has 1 fully saturated rings. The van der Waals surface area contributed by atoms with Gasteiger partial charge in [-0.1, -0.05) is 12.8 Å². The van der Waals surface area contributed by atoms with Crippen molar-refractivity contribution in [2.45, 2.75) is 44.6 Å². The molecule has 1 aliphatic carbocycles. The van der Waals surface area contributed by atoms with Gasteiger partial charge < -0.3 is 14.6 Å². The Bertz CT molecular complexity index is 352. The summed E-state index contributed by atoms with van der Waals surface area (Å²) in [6, 6.07) is 0. The number of ether oxygens (including phenoxy) is 2. The maximum atomic E-state index is 11.4. The van der Waals surface area contributed by atoms with Crippen molar-refractivity contribution in [3.8, 4) is 0 Å². The Morgan fingerprint density at radius 2 is 1.58 bits per heavy atom. The average Bonchev–Trinajstić information content (AvgIpc) is 2.62. The summed E-state index contributed by atoms with van der Waals surface area (Å²) in [5.74, 6) is -2.72. The summed E-state index contributed by atoms with van der Waals surface area (Å²) in [6.07, 6.45) is 7.86. The van der Waals surface area contributed by atoms with Crippen LogP contribution in [0.4, 0.5) is 0 Å². The lowest BCUT2D eigenvalue weighted by atomic mass is 10.1. The van der Waals surface area contributed by atoms with E-state index in [9.17, 15) is 14.4 Å². The van der Waals surface area contributed by atoms with Crippen LogP contribution in [-0.4, -0.2) is 35.7 Å². The molecule has 6 nitrogen and oxygen atoms in total. The molecule has 0 saturated heterocycles. The molecule has 0 aliphatic heterocycles. The van der Waals surface area contributed by atoms with Crippen LogP contribution in [0.25, 0.3) is 0 Å². The second-order valence-corrected chi connectivity index (χ2v) is 4.39. The van der Waals surface area contributed by atoms with Crippen LogP contribution in [0.2, 0.25) is 0 Å². The zero-order chi connectivity index (χ0) is 14.1. The summed E-state index contributed by atoms with van der Waals surface area (Å²) < 4.78 is 9.53. The van der Waals surface area contributed by atoms with Gasteiger partial charge in [-0.15, -0.1) is 0 Å². The van der Waals surface area contributed by atoms with Crippen molar-refractivity contribution < 1.29 is 29.0 Å². The molecule has 0 bridgehead atoms. The predicted octanol–water partition coefficient (Wildman–Crippen LogP) is 1.44. The van der Waals surface area contributed by atoms with E-state index in [0.717, 1.165) is 50.7 Å². The van der Waals surface area contributed by atoms with E-state index in [4.69, 9.17) is 9.84 Å². The number of carboxylic acids is 1. The number of esters is 2.